The molecular formula is C54H50Cl2F4N6O4. The number of halogens is 6. The zero-order valence-corrected chi connectivity index (χ0v) is 39.8. The van der Waals surface area contributed by atoms with Gasteiger partial charge in [-0.1, -0.05) is 72.4 Å². The van der Waals surface area contributed by atoms with E-state index in [0.717, 1.165) is 64.7 Å². The Morgan fingerprint density at radius 2 is 0.900 bits per heavy atom. The van der Waals surface area contributed by atoms with Gasteiger partial charge in [0.1, 0.15) is 61.6 Å². The van der Waals surface area contributed by atoms with Crippen LogP contribution in [0, 0.1) is 22.7 Å². The Kier molecular flexibility index (Phi) is 17.1. The Hall–Kier alpha value is -6.42. The number of aromatic nitrogens is 2. The first-order valence-electron chi connectivity index (χ1n) is 23.2. The van der Waals surface area contributed by atoms with Crippen LogP contribution in [0.4, 0.5) is 17.6 Å². The van der Waals surface area contributed by atoms with Crippen molar-refractivity contribution in [1.29, 1.82) is 10.5 Å². The van der Waals surface area contributed by atoms with Gasteiger partial charge in [0.2, 0.25) is 0 Å². The molecule has 2 aromatic heterocycles. The lowest BCUT2D eigenvalue weighted by Gasteiger charge is -2.28. The average Bonchev–Trinajstić information content (AvgIpc) is 3.38. The van der Waals surface area contributed by atoms with Gasteiger partial charge in [0.25, 0.3) is 12.9 Å². The molecule has 0 radical (unpaired) electrons. The van der Waals surface area contributed by atoms with E-state index >= 15 is 0 Å². The predicted molar refractivity (Wildman–Crippen MR) is 258 cm³/mol. The van der Waals surface area contributed by atoms with Crippen molar-refractivity contribution in [3.05, 3.63) is 163 Å². The highest BCUT2D eigenvalue weighted by Crippen LogP contribution is 2.42. The minimum atomic E-state index is -2.86. The highest BCUT2D eigenvalue weighted by molar-refractivity contribution is 6.37. The molecule has 2 saturated heterocycles. The quantitative estimate of drug-likeness (QED) is 0.0726. The molecule has 0 amide bonds. The van der Waals surface area contributed by atoms with Crippen LogP contribution in [-0.2, 0) is 39.5 Å². The zero-order valence-electron chi connectivity index (χ0n) is 38.3. The lowest BCUT2D eigenvalue weighted by Crippen LogP contribution is -2.29. The summed E-state index contributed by atoms with van der Waals surface area (Å²) < 4.78 is 84.1. The van der Waals surface area contributed by atoms with E-state index in [0.29, 0.717) is 80.2 Å². The summed E-state index contributed by atoms with van der Waals surface area (Å²) in [5.74, 6) is 0.596. The minimum absolute atomic E-state index is 0.0498. The summed E-state index contributed by atoms with van der Waals surface area (Å²) in [5.41, 5.74) is 4.67. The molecule has 16 heteroatoms. The molecule has 2 aliphatic heterocycles. The minimum Gasteiger partial charge on any atom is -0.488 e. The molecule has 10 nitrogen and oxygen atoms in total. The van der Waals surface area contributed by atoms with E-state index in [-0.39, 0.29) is 59.1 Å². The monoisotopic (exact) mass is 992 g/mol. The highest BCUT2D eigenvalue weighted by Gasteiger charge is 2.25. The summed E-state index contributed by atoms with van der Waals surface area (Å²) in [6.45, 7) is 3.93. The number of pyridine rings is 2. The average molecular weight is 994 g/mol. The molecule has 4 aromatic carbocycles. The zero-order chi connectivity index (χ0) is 49.0. The molecule has 2 aliphatic rings. The topological polar surface area (TPSA) is 117 Å². The van der Waals surface area contributed by atoms with Gasteiger partial charge in [-0.3, -0.25) is 19.8 Å². The van der Waals surface area contributed by atoms with Crippen molar-refractivity contribution in [2.45, 2.75) is 90.9 Å². The van der Waals surface area contributed by atoms with Crippen LogP contribution >= 0.6 is 23.2 Å². The van der Waals surface area contributed by atoms with Crippen LogP contribution in [0.3, 0.4) is 0 Å². The summed E-state index contributed by atoms with van der Waals surface area (Å²) in [4.78, 5) is 12.7. The van der Waals surface area contributed by atoms with E-state index in [1.54, 1.807) is 60.9 Å². The smallest absolute Gasteiger partial charge is 0.267 e. The first-order chi connectivity index (χ1) is 34.1. The van der Waals surface area contributed by atoms with Crippen LogP contribution in [-0.4, -0.2) is 45.9 Å². The Bertz CT molecular complexity index is 2670. The molecule has 4 heterocycles. The summed E-state index contributed by atoms with van der Waals surface area (Å²) in [6.07, 6.45) is 6.66. The third-order valence-corrected chi connectivity index (χ3v) is 13.3. The van der Waals surface area contributed by atoms with E-state index in [4.69, 9.17) is 42.1 Å². The molecule has 362 valence electrons. The maximum absolute atomic E-state index is 14.8. The molecule has 0 bridgehead atoms. The maximum Gasteiger partial charge on any atom is 0.267 e. The van der Waals surface area contributed by atoms with Crippen molar-refractivity contribution in [2.75, 3.05) is 26.2 Å². The number of ether oxygens (including phenoxy) is 4. The van der Waals surface area contributed by atoms with Gasteiger partial charge in [-0.05, 0) is 76.1 Å². The highest BCUT2D eigenvalue weighted by atomic mass is 35.5. The molecule has 0 N–H and O–H groups in total. The molecule has 0 unspecified atom stereocenters. The van der Waals surface area contributed by atoms with Crippen LogP contribution in [0.15, 0.2) is 97.6 Å². The van der Waals surface area contributed by atoms with E-state index < -0.39 is 12.9 Å². The van der Waals surface area contributed by atoms with E-state index in [1.165, 1.54) is 36.7 Å². The number of piperidine rings is 2. The second-order valence-electron chi connectivity index (χ2n) is 17.4. The van der Waals surface area contributed by atoms with E-state index in [9.17, 15) is 28.1 Å². The fraction of sp³-hybridized carbons (Fsp3) is 0.333. The van der Waals surface area contributed by atoms with Crippen LogP contribution < -0.4 is 18.9 Å². The van der Waals surface area contributed by atoms with Crippen LogP contribution in [0.2, 0.25) is 10.0 Å². The Morgan fingerprint density at radius 3 is 1.29 bits per heavy atom. The lowest BCUT2D eigenvalue weighted by atomic mass is 10.0. The summed E-state index contributed by atoms with van der Waals surface area (Å²) in [6, 6.07) is 23.8. The predicted octanol–water partition coefficient (Wildman–Crippen LogP) is 13.4. The third-order valence-electron chi connectivity index (χ3n) is 12.4. The van der Waals surface area contributed by atoms with Crippen LogP contribution in [0.1, 0.15) is 107 Å². The lowest BCUT2D eigenvalue weighted by molar-refractivity contribution is 0.143. The van der Waals surface area contributed by atoms with Crippen molar-refractivity contribution in [1.82, 2.24) is 19.8 Å². The van der Waals surface area contributed by atoms with Crippen molar-refractivity contribution >= 4 is 23.2 Å². The molecule has 0 atom stereocenters. The van der Waals surface area contributed by atoms with Crippen molar-refractivity contribution < 1.29 is 36.5 Å². The van der Waals surface area contributed by atoms with Gasteiger partial charge < -0.3 is 18.9 Å². The van der Waals surface area contributed by atoms with Gasteiger partial charge in [0.15, 0.2) is 0 Å². The second-order valence-corrected chi connectivity index (χ2v) is 18.1. The normalized spacial score (nSPS) is 14.3. The Morgan fingerprint density at radius 1 is 0.500 bits per heavy atom. The molecule has 70 heavy (non-hydrogen) atoms. The van der Waals surface area contributed by atoms with Gasteiger partial charge in [-0.25, -0.2) is 17.6 Å². The van der Waals surface area contributed by atoms with E-state index in [1.807, 2.05) is 0 Å². The number of nitriles is 2. The fourth-order valence-corrected chi connectivity index (χ4v) is 9.33. The van der Waals surface area contributed by atoms with Gasteiger partial charge in [0, 0.05) is 94.5 Å². The number of nitrogens with zero attached hydrogens (tertiary/aromatic N) is 6. The molecule has 0 saturated carbocycles. The number of likely N-dealkylation sites (tertiary alicyclic amines) is 2. The fourth-order valence-electron chi connectivity index (χ4n) is 8.76. The molecular weight excluding hydrogens is 944 g/mol. The largest absolute Gasteiger partial charge is 0.488 e. The molecule has 2 fully saturated rings. The second kappa shape index (κ2) is 23.9. The van der Waals surface area contributed by atoms with Crippen molar-refractivity contribution in [3.8, 4) is 46.3 Å². The van der Waals surface area contributed by atoms with Gasteiger partial charge in [0.05, 0.1) is 32.3 Å². The molecule has 0 aliphatic carbocycles. The van der Waals surface area contributed by atoms with Crippen molar-refractivity contribution in [2.24, 2.45) is 0 Å². The van der Waals surface area contributed by atoms with E-state index in [2.05, 4.69) is 31.9 Å². The first kappa shape index (κ1) is 50.0. The summed E-state index contributed by atoms with van der Waals surface area (Å²) in [5, 5.41) is 19.3. The SMILES string of the molecule is N#Cc1cncc(COc2cc(OCc3cccc(-c4cccc(COc5cc(OCc6cncc(C#N)c6)c(CN6CCCCC6)cc5C(F)F)c4Cl)c3Cl)c(C(F)F)cc2CN2CCCCC2)c1. The Balaban J connectivity index is 1.03. The number of hydrogen-bond acceptors (Lipinski definition) is 10. The van der Waals surface area contributed by atoms with Crippen LogP contribution in [0.5, 0.6) is 23.0 Å². The number of alkyl halides is 4. The summed E-state index contributed by atoms with van der Waals surface area (Å²) >= 11 is 14.1. The van der Waals surface area contributed by atoms with Crippen LogP contribution in [0.25, 0.3) is 11.1 Å². The van der Waals surface area contributed by atoms with Gasteiger partial charge in [-0.2, -0.15) is 10.5 Å². The molecule has 6 aromatic rings. The van der Waals surface area contributed by atoms with Crippen molar-refractivity contribution in [3.63, 3.8) is 0 Å². The number of rotatable bonds is 19. The Labute approximate surface area is 414 Å². The maximum atomic E-state index is 14.8. The number of hydrogen-bond donors (Lipinski definition) is 0. The summed E-state index contributed by atoms with van der Waals surface area (Å²) in [7, 11) is 0. The number of benzene rings is 4. The first-order valence-corrected chi connectivity index (χ1v) is 23.9. The molecule has 8 rings (SSSR count). The standard InChI is InChI=1S/C54H50Cl2F4N6O4/c55-51-39(33-69-49-21-47(67-31-37-17-35(23-61)25-63-27-37)41(19-45(49)53(57)58)29-65-13-3-1-4-14-65)9-7-11-43(51)44-12-8-10-40(52(44)56)34-70-50-22-48(68-32-38-18-36(24-62)26-64-28-38)42(20-46(50)54(59)60)30-66-15-5-2-6-16-66/h7-12,17-22,25-28,53-54H,1-6,13-16,29-34H2. The molecule has 0 spiro atoms. The van der Waals surface area contributed by atoms with Gasteiger partial charge in [-0.15, -0.1) is 0 Å². The van der Waals surface area contributed by atoms with Gasteiger partial charge >= 0.3 is 0 Å². The third kappa shape index (κ3) is 12.7.